The lowest BCUT2D eigenvalue weighted by Crippen LogP contribution is -2.14. The van der Waals surface area contributed by atoms with E-state index in [1.54, 1.807) is 6.08 Å². The number of hydrogen-bond acceptors (Lipinski definition) is 0. The van der Waals surface area contributed by atoms with Crippen LogP contribution in [0.4, 0.5) is 0 Å². The summed E-state index contributed by atoms with van der Waals surface area (Å²) < 4.78 is -0.0578. The van der Waals surface area contributed by atoms with Crippen LogP contribution in [0.1, 0.15) is 20.8 Å². The third kappa shape index (κ3) is 4.28. The molecule has 1 heteroatoms. The topological polar surface area (TPSA) is 0 Å². The predicted octanol–water partition coefficient (Wildman–Crippen LogP) is 4.40. The van der Waals surface area contributed by atoms with Gasteiger partial charge in [-0.1, -0.05) is 53.4 Å². The largest absolute Gasteiger partial charge is 0.0991 e. The molecule has 0 aromatic rings. The third-order valence-electron chi connectivity index (χ3n) is 1.64. The summed E-state index contributed by atoms with van der Waals surface area (Å²) in [5, 5.41) is 0. The number of allylic oxidation sites excluding steroid dienone is 6. The van der Waals surface area contributed by atoms with Gasteiger partial charge in [-0.15, -0.1) is 0 Å². The zero-order chi connectivity index (χ0) is 10.5. The fraction of sp³-hybridized carbons (Fsp3) is 0.333. The monoisotopic (exact) mass is 240 g/mol. The van der Waals surface area contributed by atoms with Gasteiger partial charge in [0, 0.05) is 4.32 Å². The van der Waals surface area contributed by atoms with Gasteiger partial charge < -0.3 is 0 Å². The van der Waals surface area contributed by atoms with Crippen molar-refractivity contribution in [2.45, 2.75) is 25.1 Å². The molecule has 0 fully saturated rings. The molecule has 0 heterocycles. The van der Waals surface area contributed by atoms with Crippen LogP contribution < -0.4 is 0 Å². The minimum Gasteiger partial charge on any atom is -0.0991 e. The van der Waals surface area contributed by atoms with E-state index in [0.717, 1.165) is 11.1 Å². The molecule has 0 aromatic carbocycles. The van der Waals surface area contributed by atoms with E-state index in [9.17, 15) is 0 Å². The maximum atomic E-state index is 4.00. The first-order chi connectivity index (χ1) is 5.93. The first-order valence-electron chi connectivity index (χ1n) is 4.27. The third-order valence-corrected chi connectivity index (χ3v) is 2.07. The molecular formula is C12H17Br. The maximum absolute atomic E-state index is 4.00. The normalized spacial score (nSPS) is 13.4. The van der Waals surface area contributed by atoms with Gasteiger partial charge in [0.1, 0.15) is 0 Å². The first-order valence-corrected chi connectivity index (χ1v) is 5.07. The Morgan fingerprint density at radius 1 is 1.38 bits per heavy atom. The van der Waals surface area contributed by atoms with Crippen molar-refractivity contribution in [1.82, 2.24) is 0 Å². The second-order valence-electron chi connectivity index (χ2n) is 3.31. The van der Waals surface area contributed by atoms with Crippen LogP contribution in [0, 0.1) is 0 Å². The van der Waals surface area contributed by atoms with Crippen LogP contribution in [0.25, 0.3) is 0 Å². The Labute approximate surface area is 89.9 Å². The molecule has 0 amide bonds. The molecule has 0 N–H and O–H groups in total. The Kier molecular flexibility index (Phi) is 5.01. The second-order valence-corrected chi connectivity index (χ2v) is 5.30. The zero-order valence-electron chi connectivity index (χ0n) is 8.60. The molecule has 0 rings (SSSR count). The zero-order valence-corrected chi connectivity index (χ0v) is 10.2. The van der Waals surface area contributed by atoms with Gasteiger partial charge in [-0.25, -0.2) is 0 Å². The average Bonchev–Trinajstić information content (AvgIpc) is 1.98. The van der Waals surface area contributed by atoms with Crippen molar-refractivity contribution in [2.75, 3.05) is 0 Å². The van der Waals surface area contributed by atoms with Crippen LogP contribution in [0.5, 0.6) is 0 Å². The van der Waals surface area contributed by atoms with E-state index in [0.29, 0.717) is 0 Å². The minimum atomic E-state index is -0.0578. The van der Waals surface area contributed by atoms with Crippen molar-refractivity contribution < 1.29 is 0 Å². The van der Waals surface area contributed by atoms with Gasteiger partial charge in [-0.2, -0.15) is 0 Å². The molecule has 0 aromatic heterocycles. The number of alkyl halides is 1. The smallest absolute Gasteiger partial charge is 0.0455 e. The predicted molar refractivity (Wildman–Crippen MR) is 65.2 cm³/mol. The molecule has 0 aliphatic heterocycles. The molecule has 0 radical (unpaired) electrons. The lowest BCUT2D eigenvalue weighted by Gasteiger charge is -2.21. The van der Waals surface area contributed by atoms with Gasteiger partial charge in [-0.3, -0.25) is 0 Å². The second kappa shape index (κ2) is 5.23. The molecular weight excluding hydrogens is 224 g/mol. The molecule has 0 saturated carbocycles. The molecule has 0 nitrogen and oxygen atoms in total. The number of rotatable bonds is 4. The molecule has 0 atom stereocenters. The van der Waals surface area contributed by atoms with Crippen molar-refractivity contribution in [3.05, 3.63) is 48.6 Å². The van der Waals surface area contributed by atoms with Crippen LogP contribution in [-0.2, 0) is 0 Å². The van der Waals surface area contributed by atoms with Gasteiger partial charge >= 0.3 is 0 Å². The summed E-state index contributed by atoms with van der Waals surface area (Å²) in [5.74, 6) is 0. The van der Waals surface area contributed by atoms with Gasteiger partial charge in [0.25, 0.3) is 0 Å². The van der Waals surface area contributed by atoms with E-state index in [1.807, 2.05) is 25.2 Å². The molecule has 0 aliphatic carbocycles. The Hall–Kier alpha value is -0.560. The van der Waals surface area contributed by atoms with Crippen molar-refractivity contribution in [1.29, 1.82) is 0 Å². The molecule has 0 unspecified atom stereocenters. The lowest BCUT2D eigenvalue weighted by molar-refractivity contribution is 0.868. The summed E-state index contributed by atoms with van der Waals surface area (Å²) in [5.41, 5.74) is 2.17. The average molecular weight is 241 g/mol. The lowest BCUT2D eigenvalue weighted by atomic mass is 9.95. The summed E-state index contributed by atoms with van der Waals surface area (Å²) in [6, 6.07) is 0. The van der Waals surface area contributed by atoms with Crippen molar-refractivity contribution in [3.63, 3.8) is 0 Å². The molecule has 13 heavy (non-hydrogen) atoms. The summed E-state index contributed by atoms with van der Waals surface area (Å²) in [4.78, 5) is 0. The summed E-state index contributed by atoms with van der Waals surface area (Å²) in [6.07, 6.45) is 7.75. The summed E-state index contributed by atoms with van der Waals surface area (Å²) in [7, 11) is 0. The summed E-state index contributed by atoms with van der Waals surface area (Å²) >= 11 is 3.61. The van der Waals surface area contributed by atoms with Crippen LogP contribution in [0.3, 0.4) is 0 Å². The van der Waals surface area contributed by atoms with Gasteiger partial charge in [-0.05, 0) is 31.9 Å². The fourth-order valence-corrected chi connectivity index (χ4v) is 1.48. The maximum Gasteiger partial charge on any atom is 0.0455 e. The fourth-order valence-electron chi connectivity index (χ4n) is 1.10. The minimum absolute atomic E-state index is 0.0578. The van der Waals surface area contributed by atoms with Crippen LogP contribution >= 0.6 is 15.9 Å². The van der Waals surface area contributed by atoms with E-state index in [2.05, 4.69) is 42.9 Å². The molecule has 0 saturated heterocycles. The van der Waals surface area contributed by atoms with E-state index in [1.165, 1.54) is 0 Å². The highest BCUT2D eigenvalue weighted by Gasteiger charge is 2.19. The molecule has 0 aliphatic rings. The Morgan fingerprint density at radius 3 is 2.23 bits per heavy atom. The van der Waals surface area contributed by atoms with E-state index in [4.69, 9.17) is 0 Å². The van der Waals surface area contributed by atoms with Crippen LogP contribution in [-0.4, -0.2) is 4.32 Å². The highest BCUT2D eigenvalue weighted by molar-refractivity contribution is 9.10. The van der Waals surface area contributed by atoms with E-state index < -0.39 is 0 Å². The van der Waals surface area contributed by atoms with Gasteiger partial charge in [0.2, 0.25) is 0 Å². The van der Waals surface area contributed by atoms with Crippen LogP contribution in [0.15, 0.2) is 48.6 Å². The Bertz CT molecular complexity index is 249. The Balaban J connectivity index is 4.95. The first kappa shape index (κ1) is 12.4. The Morgan fingerprint density at radius 2 is 1.92 bits per heavy atom. The quantitative estimate of drug-likeness (QED) is 0.505. The van der Waals surface area contributed by atoms with Crippen molar-refractivity contribution in [2.24, 2.45) is 0 Å². The molecule has 0 bridgehead atoms. The van der Waals surface area contributed by atoms with Crippen LogP contribution in [0.2, 0.25) is 0 Å². The number of hydrogen-bond donors (Lipinski definition) is 0. The van der Waals surface area contributed by atoms with E-state index >= 15 is 0 Å². The SMILES string of the molecule is C=C/C=C(/C(=C)/C=C\C)C(C)(C)Br. The summed E-state index contributed by atoms with van der Waals surface area (Å²) in [6.45, 7) is 13.9. The van der Waals surface area contributed by atoms with Gasteiger partial charge in [0.15, 0.2) is 0 Å². The van der Waals surface area contributed by atoms with E-state index in [-0.39, 0.29) is 4.32 Å². The molecule has 72 valence electrons. The molecule has 0 spiro atoms. The van der Waals surface area contributed by atoms with Crippen molar-refractivity contribution in [3.8, 4) is 0 Å². The number of halogens is 1. The standard InChI is InChI=1S/C12H17Br/c1-6-8-10(3)11(9-7-2)12(4,5)13/h6-9H,2-3H2,1,4-5H3/b8-6-,11-9-. The highest BCUT2D eigenvalue weighted by atomic mass is 79.9. The van der Waals surface area contributed by atoms with Gasteiger partial charge in [0.05, 0.1) is 0 Å². The van der Waals surface area contributed by atoms with Crippen molar-refractivity contribution >= 4 is 15.9 Å². The highest BCUT2D eigenvalue weighted by Crippen LogP contribution is 2.31.